The van der Waals surface area contributed by atoms with Crippen molar-refractivity contribution < 1.29 is 13.2 Å². The highest BCUT2D eigenvalue weighted by atomic mass is 32.2. The minimum absolute atomic E-state index is 0.161. The summed E-state index contributed by atoms with van der Waals surface area (Å²) in [5.41, 5.74) is 0. The van der Waals surface area contributed by atoms with Gasteiger partial charge in [0.05, 0.1) is 18.0 Å². The second kappa shape index (κ2) is 8.35. The van der Waals surface area contributed by atoms with Gasteiger partial charge in [0, 0.05) is 12.3 Å². The number of ether oxygens (including phenoxy) is 1. The zero-order valence-corrected chi connectivity index (χ0v) is 14.2. The maximum atomic E-state index is 11.8. The minimum Gasteiger partial charge on any atom is -0.377 e. The van der Waals surface area contributed by atoms with Crippen LogP contribution in [0.5, 0.6) is 0 Å². The van der Waals surface area contributed by atoms with Gasteiger partial charge in [-0.05, 0) is 52.0 Å². The van der Waals surface area contributed by atoms with Crippen LogP contribution in [0.1, 0.15) is 52.9 Å². The van der Waals surface area contributed by atoms with Gasteiger partial charge >= 0.3 is 0 Å². The van der Waals surface area contributed by atoms with Gasteiger partial charge in [-0.1, -0.05) is 13.3 Å². The van der Waals surface area contributed by atoms with E-state index in [-0.39, 0.29) is 17.4 Å². The highest BCUT2D eigenvalue weighted by molar-refractivity contribution is 7.91. The van der Waals surface area contributed by atoms with Gasteiger partial charge in [0.1, 0.15) is 9.84 Å². The Balaban J connectivity index is 2.63. The van der Waals surface area contributed by atoms with Gasteiger partial charge in [-0.3, -0.25) is 0 Å². The van der Waals surface area contributed by atoms with E-state index in [1.807, 2.05) is 13.8 Å². The number of rotatable bonds is 8. The summed E-state index contributed by atoms with van der Waals surface area (Å²) in [7, 11) is -2.91. The van der Waals surface area contributed by atoms with Crippen molar-refractivity contribution in [2.24, 2.45) is 5.92 Å². The van der Waals surface area contributed by atoms with E-state index >= 15 is 0 Å². The van der Waals surface area contributed by atoms with Crippen LogP contribution >= 0.6 is 0 Å². The molecule has 0 aromatic heterocycles. The second-order valence-electron chi connectivity index (χ2n) is 6.32. The van der Waals surface area contributed by atoms with Crippen molar-refractivity contribution in [2.75, 3.05) is 19.4 Å². The number of nitrogens with one attached hydrogen (secondary N) is 1. The molecular weight excluding hydrogens is 274 g/mol. The molecule has 0 aliphatic heterocycles. The molecule has 0 bridgehead atoms. The SMILES string of the molecule is CCCNC(COC(C)C)C1CCCC(S(C)(=O)=O)C1. The van der Waals surface area contributed by atoms with Gasteiger partial charge < -0.3 is 10.1 Å². The summed E-state index contributed by atoms with van der Waals surface area (Å²) in [4.78, 5) is 0. The van der Waals surface area contributed by atoms with E-state index in [9.17, 15) is 8.42 Å². The van der Waals surface area contributed by atoms with E-state index in [2.05, 4.69) is 12.2 Å². The molecule has 0 spiro atoms. The number of hydrogen-bond acceptors (Lipinski definition) is 4. The van der Waals surface area contributed by atoms with Crippen LogP contribution in [0.15, 0.2) is 0 Å². The molecular formula is C15H31NO3S. The standard InChI is InChI=1S/C15H31NO3S/c1-5-9-16-15(11-19-12(2)3)13-7-6-8-14(10-13)20(4,17)18/h12-16H,5-11H2,1-4H3. The Kier molecular flexibility index (Phi) is 7.48. The first-order valence-electron chi connectivity index (χ1n) is 7.88. The first-order valence-corrected chi connectivity index (χ1v) is 9.83. The third kappa shape index (κ3) is 6.10. The van der Waals surface area contributed by atoms with Crippen molar-refractivity contribution in [3.63, 3.8) is 0 Å². The van der Waals surface area contributed by atoms with E-state index in [0.717, 1.165) is 38.6 Å². The van der Waals surface area contributed by atoms with Crippen LogP contribution in [-0.4, -0.2) is 45.2 Å². The Morgan fingerprint density at radius 2 is 2.00 bits per heavy atom. The van der Waals surface area contributed by atoms with Gasteiger partial charge in [0.2, 0.25) is 0 Å². The third-order valence-corrected chi connectivity index (χ3v) is 5.75. The highest BCUT2D eigenvalue weighted by Gasteiger charge is 2.33. The topological polar surface area (TPSA) is 55.4 Å². The fraction of sp³-hybridized carbons (Fsp3) is 1.00. The third-order valence-electron chi connectivity index (χ3n) is 4.11. The largest absolute Gasteiger partial charge is 0.377 e. The van der Waals surface area contributed by atoms with Crippen molar-refractivity contribution in [2.45, 2.75) is 70.3 Å². The lowest BCUT2D eigenvalue weighted by atomic mass is 9.83. The van der Waals surface area contributed by atoms with Crippen LogP contribution in [0, 0.1) is 5.92 Å². The summed E-state index contributed by atoms with van der Waals surface area (Å²) in [6, 6.07) is 0.280. The molecule has 5 heteroatoms. The van der Waals surface area contributed by atoms with E-state index in [1.54, 1.807) is 0 Å². The van der Waals surface area contributed by atoms with E-state index in [1.165, 1.54) is 6.26 Å². The quantitative estimate of drug-likeness (QED) is 0.748. The number of hydrogen-bond donors (Lipinski definition) is 1. The van der Waals surface area contributed by atoms with Crippen LogP contribution in [0.25, 0.3) is 0 Å². The molecule has 1 aliphatic carbocycles. The predicted molar refractivity (Wildman–Crippen MR) is 83.8 cm³/mol. The summed E-state index contributed by atoms with van der Waals surface area (Å²) in [6.45, 7) is 7.87. The van der Waals surface area contributed by atoms with Crippen LogP contribution < -0.4 is 5.32 Å². The molecule has 0 heterocycles. The molecule has 0 aromatic rings. The fourth-order valence-corrected chi connectivity index (χ4v) is 4.11. The van der Waals surface area contributed by atoms with Gasteiger partial charge in [-0.15, -0.1) is 0 Å². The summed E-state index contributed by atoms with van der Waals surface area (Å²) in [5.74, 6) is 0.411. The lowest BCUT2D eigenvalue weighted by Crippen LogP contribution is -2.44. The average Bonchev–Trinajstić information content (AvgIpc) is 2.38. The first-order chi connectivity index (χ1) is 9.34. The fourth-order valence-electron chi connectivity index (χ4n) is 2.92. The monoisotopic (exact) mass is 305 g/mol. The zero-order chi connectivity index (χ0) is 15.2. The summed E-state index contributed by atoms with van der Waals surface area (Å²) < 4.78 is 29.3. The molecule has 0 amide bonds. The van der Waals surface area contributed by atoms with Crippen molar-refractivity contribution >= 4 is 9.84 Å². The highest BCUT2D eigenvalue weighted by Crippen LogP contribution is 2.31. The predicted octanol–water partition coefficient (Wildman–Crippen LogP) is 2.38. The maximum Gasteiger partial charge on any atom is 0.150 e. The van der Waals surface area contributed by atoms with Crippen molar-refractivity contribution in [1.82, 2.24) is 5.32 Å². The average molecular weight is 305 g/mol. The number of sulfone groups is 1. The van der Waals surface area contributed by atoms with Crippen molar-refractivity contribution in [3.8, 4) is 0 Å². The van der Waals surface area contributed by atoms with E-state index < -0.39 is 9.84 Å². The summed E-state index contributed by atoms with van der Waals surface area (Å²) >= 11 is 0. The van der Waals surface area contributed by atoms with Crippen LogP contribution in [0.4, 0.5) is 0 Å². The Morgan fingerprint density at radius 3 is 2.55 bits per heavy atom. The molecule has 20 heavy (non-hydrogen) atoms. The molecule has 1 fully saturated rings. The Morgan fingerprint density at radius 1 is 1.30 bits per heavy atom. The van der Waals surface area contributed by atoms with Crippen LogP contribution in [-0.2, 0) is 14.6 Å². The normalized spacial score (nSPS) is 25.9. The van der Waals surface area contributed by atoms with E-state index in [0.29, 0.717) is 12.5 Å². The lowest BCUT2D eigenvalue weighted by Gasteiger charge is -2.34. The molecule has 1 N–H and O–H groups in total. The second-order valence-corrected chi connectivity index (χ2v) is 8.65. The molecule has 1 aliphatic rings. The lowest BCUT2D eigenvalue weighted by molar-refractivity contribution is 0.0431. The summed E-state index contributed by atoms with van der Waals surface area (Å²) in [5, 5.41) is 3.39. The molecule has 0 saturated heterocycles. The van der Waals surface area contributed by atoms with Crippen LogP contribution in [0.3, 0.4) is 0 Å². The Labute approximate surface area is 124 Å². The zero-order valence-electron chi connectivity index (χ0n) is 13.4. The molecule has 1 saturated carbocycles. The van der Waals surface area contributed by atoms with Gasteiger partial charge in [-0.2, -0.15) is 0 Å². The Hall–Kier alpha value is -0.130. The molecule has 3 atom stereocenters. The molecule has 0 radical (unpaired) electrons. The van der Waals surface area contributed by atoms with Gasteiger partial charge in [-0.25, -0.2) is 8.42 Å². The van der Waals surface area contributed by atoms with Gasteiger partial charge in [0.25, 0.3) is 0 Å². The smallest absolute Gasteiger partial charge is 0.150 e. The molecule has 120 valence electrons. The maximum absolute atomic E-state index is 11.8. The van der Waals surface area contributed by atoms with Gasteiger partial charge in [0.15, 0.2) is 0 Å². The first kappa shape index (κ1) is 17.9. The van der Waals surface area contributed by atoms with E-state index in [4.69, 9.17) is 4.74 Å². The van der Waals surface area contributed by atoms with Crippen LogP contribution in [0.2, 0.25) is 0 Å². The van der Waals surface area contributed by atoms with Crippen molar-refractivity contribution in [1.29, 1.82) is 0 Å². The molecule has 3 unspecified atom stereocenters. The molecule has 4 nitrogen and oxygen atoms in total. The summed E-state index contributed by atoms with van der Waals surface area (Å²) in [6.07, 6.45) is 6.39. The minimum atomic E-state index is -2.91. The molecule has 0 aromatic carbocycles. The molecule has 1 rings (SSSR count). The Bertz CT molecular complexity index is 367. The van der Waals surface area contributed by atoms with Crippen molar-refractivity contribution in [3.05, 3.63) is 0 Å².